The van der Waals surface area contributed by atoms with E-state index < -0.39 is 11.6 Å². The molecule has 0 bridgehead atoms. The molecule has 2 rings (SSSR count). The van der Waals surface area contributed by atoms with Crippen LogP contribution in [0.25, 0.3) is 0 Å². The van der Waals surface area contributed by atoms with Gasteiger partial charge in [0.15, 0.2) is 0 Å². The number of hydrogen-bond donors (Lipinski definition) is 1. The van der Waals surface area contributed by atoms with Gasteiger partial charge in [-0.2, -0.15) is 0 Å². The molecule has 0 spiro atoms. The fourth-order valence-corrected chi connectivity index (χ4v) is 2.95. The number of piperazine rings is 1. The Morgan fingerprint density at radius 3 is 2.25 bits per heavy atom. The van der Waals surface area contributed by atoms with Crippen molar-refractivity contribution < 1.29 is 9.59 Å². The van der Waals surface area contributed by atoms with Crippen LogP contribution in [0.15, 0.2) is 24.3 Å². The van der Waals surface area contributed by atoms with Gasteiger partial charge in [0, 0.05) is 9.26 Å². The Morgan fingerprint density at radius 2 is 1.75 bits per heavy atom. The van der Waals surface area contributed by atoms with Crippen LogP contribution in [-0.2, 0) is 9.59 Å². The first-order chi connectivity index (χ1) is 9.45. The van der Waals surface area contributed by atoms with Gasteiger partial charge in [-0.3, -0.25) is 14.5 Å². The first-order valence-electron chi connectivity index (χ1n) is 6.86. The van der Waals surface area contributed by atoms with E-state index in [2.05, 4.69) is 27.9 Å². The van der Waals surface area contributed by atoms with Crippen molar-refractivity contribution >= 4 is 40.1 Å². The summed E-state index contributed by atoms with van der Waals surface area (Å²) in [6, 6.07) is 7.20. The highest BCUT2D eigenvalue weighted by molar-refractivity contribution is 14.1. The van der Waals surface area contributed by atoms with Gasteiger partial charge in [-0.05, 0) is 66.6 Å². The molecule has 1 unspecified atom stereocenters. The smallest absolute Gasteiger partial charge is 0.253 e. The molecule has 1 aliphatic heterocycles. The van der Waals surface area contributed by atoms with E-state index in [-0.39, 0.29) is 11.8 Å². The Balaban J connectivity index is 2.46. The second kappa shape index (κ2) is 5.71. The summed E-state index contributed by atoms with van der Waals surface area (Å²) in [5.74, 6) is -0.109. The SMILES string of the molecule is CCC1(CC)NC(=O)C(C)N(c2ccc(I)cc2)C1=O. The number of nitrogens with one attached hydrogen (secondary N) is 1. The minimum absolute atomic E-state index is 0.0178. The lowest BCUT2D eigenvalue weighted by Gasteiger charge is -2.44. The number of anilines is 1. The van der Waals surface area contributed by atoms with Crippen molar-refractivity contribution in [1.82, 2.24) is 5.32 Å². The van der Waals surface area contributed by atoms with Crippen LogP contribution in [0.2, 0.25) is 0 Å². The average molecular weight is 386 g/mol. The van der Waals surface area contributed by atoms with E-state index >= 15 is 0 Å². The Bertz CT molecular complexity index is 523. The van der Waals surface area contributed by atoms with Gasteiger partial charge >= 0.3 is 0 Å². The van der Waals surface area contributed by atoms with E-state index in [1.165, 1.54) is 0 Å². The summed E-state index contributed by atoms with van der Waals surface area (Å²) in [5, 5.41) is 2.91. The monoisotopic (exact) mass is 386 g/mol. The summed E-state index contributed by atoms with van der Waals surface area (Å²) in [6.07, 6.45) is 1.20. The van der Waals surface area contributed by atoms with Crippen molar-refractivity contribution in [1.29, 1.82) is 0 Å². The summed E-state index contributed by atoms with van der Waals surface area (Å²) in [4.78, 5) is 26.7. The highest BCUT2D eigenvalue weighted by atomic mass is 127. The average Bonchev–Trinajstić information content (AvgIpc) is 2.45. The largest absolute Gasteiger partial charge is 0.340 e. The van der Waals surface area contributed by atoms with Crippen LogP contribution < -0.4 is 10.2 Å². The number of nitrogens with zero attached hydrogens (tertiary/aromatic N) is 1. The summed E-state index contributed by atoms with van der Waals surface area (Å²) in [5.41, 5.74) is 0.0103. The van der Waals surface area contributed by atoms with Crippen LogP contribution in [-0.4, -0.2) is 23.4 Å². The molecule has 0 aromatic heterocycles. The zero-order chi connectivity index (χ0) is 14.9. The molecule has 0 saturated carbocycles. The Hall–Kier alpha value is -1.11. The molecule has 0 radical (unpaired) electrons. The van der Waals surface area contributed by atoms with Gasteiger partial charge in [0.1, 0.15) is 11.6 Å². The second-order valence-electron chi connectivity index (χ2n) is 5.11. The molecule has 1 saturated heterocycles. The number of carbonyl (C=O) groups excluding carboxylic acids is 2. The standard InChI is InChI=1S/C15H19IN2O2/c1-4-15(5-2)14(20)18(10(3)13(19)17-15)12-8-6-11(16)7-9-12/h6-10H,4-5H2,1-3H3,(H,17,19). The van der Waals surface area contributed by atoms with Crippen LogP contribution in [0.5, 0.6) is 0 Å². The zero-order valence-corrected chi connectivity index (χ0v) is 14.1. The maximum atomic E-state index is 12.9. The van der Waals surface area contributed by atoms with E-state index in [9.17, 15) is 9.59 Å². The number of amides is 2. The fraction of sp³-hybridized carbons (Fsp3) is 0.467. The molecule has 5 heteroatoms. The predicted octanol–water partition coefficient (Wildman–Crippen LogP) is 2.70. The fourth-order valence-electron chi connectivity index (χ4n) is 2.59. The van der Waals surface area contributed by atoms with Gasteiger partial charge < -0.3 is 5.32 Å². The van der Waals surface area contributed by atoms with Gasteiger partial charge in [-0.15, -0.1) is 0 Å². The number of rotatable bonds is 3. The third kappa shape index (κ3) is 2.43. The molecule has 2 amide bonds. The Morgan fingerprint density at radius 1 is 1.20 bits per heavy atom. The quantitative estimate of drug-likeness (QED) is 0.813. The first kappa shape index (κ1) is 15.3. The zero-order valence-electron chi connectivity index (χ0n) is 11.9. The van der Waals surface area contributed by atoms with Gasteiger partial charge in [0.05, 0.1) is 0 Å². The number of halogens is 1. The molecule has 1 aliphatic rings. The second-order valence-corrected chi connectivity index (χ2v) is 6.35. The number of carbonyl (C=O) groups is 2. The maximum Gasteiger partial charge on any atom is 0.253 e. The van der Waals surface area contributed by atoms with Crippen LogP contribution in [0, 0.1) is 3.57 Å². The lowest BCUT2D eigenvalue weighted by molar-refractivity contribution is -0.138. The molecule has 1 N–H and O–H groups in total. The van der Waals surface area contributed by atoms with Crippen molar-refractivity contribution in [3.05, 3.63) is 27.8 Å². The minimum atomic E-state index is -0.771. The predicted molar refractivity (Wildman–Crippen MR) is 87.6 cm³/mol. The molecule has 4 nitrogen and oxygen atoms in total. The lowest BCUT2D eigenvalue weighted by atomic mass is 9.87. The topological polar surface area (TPSA) is 49.4 Å². The minimum Gasteiger partial charge on any atom is -0.340 e. The van der Waals surface area contributed by atoms with Gasteiger partial charge in [0.25, 0.3) is 5.91 Å². The third-order valence-corrected chi connectivity index (χ3v) is 4.79. The third-order valence-electron chi connectivity index (χ3n) is 4.07. The highest BCUT2D eigenvalue weighted by Gasteiger charge is 2.47. The van der Waals surface area contributed by atoms with Crippen molar-refractivity contribution in [2.75, 3.05) is 4.90 Å². The normalized spacial score (nSPS) is 21.8. The van der Waals surface area contributed by atoms with Crippen molar-refractivity contribution in [3.8, 4) is 0 Å². The molecule has 1 heterocycles. The molecule has 1 aromatic rings. The summed E-state index contributed by atoms with van der Waals surface area (Å²) < 4.78 is 1.10. The molecule has 0 aliphatic carbocycles. The van der Waals surface area contributed by atoms with E-state index in [1.807, 2.05) is 38.1 Å². The molecule has 20 heavy (non-hydrogen) atoms. The number of benzene rings is 1. The Kier molecular flexibility index (Phi) is 4.36. The summed E-state index contributed by atoms with van der Waals surface area (Å²) in [6.45, 7) is 5.63. The lowest BCUT2D eigenvalue weighted by Crippen LogP contribution is -2.69. The molecule has 1 fully saturated rings. The van der Waals surface area contributed by atoms with Crippen LogP contribution in [0.4, 0.5) is 5.69 Å². The van der Waals surface area contributed by atoms with E-state index in [1.54, 1.807) is 11.8 Å². The molecule has 108 valence electrons. The van der Waals surface area contributed by atoms with Crippen LogP contribution in [0.1, 0.15) is 33.6 Å². The van der Waals surface area contributed by atoms with Gasteiger partial charge in [-0.25, -0.2) is 0 Å². The van der Waals surface area contributed by atoms with Crippen LogP contribution >= 0.6 is 22.6 Å². The van der Waals surface area contributed by atoms with Crippen molar-refractivity contribution in [2.24, 2.45) is 0 Å². The molecular formula is C15H19IN2O2. The van der Waals surface area contributed by atoms with E-state index in [0.29, 0.717) is 12.8 Å². The van der Waals surface area contributed by atoms with Gasteiger partial charge in [-0.1, -0.05) is 13.8 Å². The van der Waals surface area contributed by atoms with E-state index in [4.69, 9.17) is 0 Å². The highest BCUT2D eigenvalue weighted by Crippen LogP contribution is 2.29. The van der Waals surface area contributed by atoms with Crippen molar-refractivity contribution in [2.45, 2.75) is 45.2 Å². The number of hydrogen-bond acceptors (Lipinski definition) is 2. The summed E-state index contributed by atoms with van der Waals surface area (Å²) >= 11 is 2.22. The molecule has 1 atom stereocenters. The molecule has 1 aromatic carbocycles. The van der Waals surface area contributed by atoms with Gasteiger partial charge in [0.2, 0.25) is 5.91 Å². The maximum absolute atomic E-state index is 12.9. The van der Waals surface area contributed by atoms with Crippen molar-refractivity contribution in [3.63, 3.8) is 0 Å². The molecular weight excluding hydrogens is 367 g/mol. The summed E-state index contributed by atoms with van der Waals surface area (Å²) in [7, 11) is 0. The van der Waals surface area contributed by atoms with Crippen LogP contribution in [0.3, 0.4) is 0 Å². The first-order valence-corrected chi connectivity index (χ1v) is 7.94. The van der Waals surface area contributed by atoms with E-state index in [0.717, 1.165) is 9.26 Å². The Labute approximate surface area is 133 Å².